The van der Waals surface area contributed by atoms with E-state index in [0.717, 1.165) is 31.7 Å². The van der Waals surface area contributed by atoms with Gasteiger partial charge in [-0.1, -0.05) is 13.8 Å². The minimum atomic E-state index is 0.656. The van der Waals surface area contributed by atoms with Gasteiger partial charge >= 0.3 is 0 Å². The zero-order valence-electron chi connectivity index (χ0n) is 13.0. The van der Waals surface area contributed by atoms with E-state index in [1.807, 2.05) is 0 Å². The van der Waals surface area contributed by atoms with Crippen molar-refractivity contribution in [1.82, 2.24) is 10.2 Å². The van der Waals surface area contributed by atoms with E-state index < -0.39 is 0 Å². The Hall–Kier alpha value is -0.120. The van der Waals surface area contributed by atoms with Crippen molar-refractivity contribution >= 4 is 0 Å². The lowest BCUT2D eigenvalue weighted by Gasteiger charge is -2.39. The quantitative estimate of drug-likeness (QED) is 0.829. The third-order valence-corrected chi connectivity index (χ3v) is 5.07. The molecule has 1 N–H and O–H groups in total. The molecule has 1 heterocycles. The Labute approximate surface area is 119 Å². The molecule has 2 unspecified atom stereocenters. The fourth-order valence-electron chi connectivity index (χ4n) is 3.71. The van der Waals surface area contributed by atoms with Crippen LogP contribution in [0.25, 0.3) is 0 Å². The van der Waals surface area contributed by atoms with Crippen LogP contribution in [0, 0.1) is 11.8 Å². The van der Waals surface area contributed by atoms with Gasteiger partial charge in [0.05, 0.1) is 6.61 Å². The summed E-state index contributed by atoms with van der Waals surface area (Å²) >= 11 is 0. The molecule has 1 aliphatic heterocycles. The van der Waals surface area contributed by atoms with Gasteiger partial charge in [-0.3, -0.25) is 0 Å². The van der Waals surface area contributed by atoms with Crippen molar-refractivity contribution < 1.29 is 4.74 Å². The van der Waals surface area contributed by atoms with Gasteiger partial charge in [0.2, 0.25) is 0 Å². The Morgan fingerprint density at radius 2 is 1.89 bits per heavy atom. The molecule has 0 bridgehead atoms. The van der Waals surface area contributed by atoms with Gasteiger partial charge in [0, 0.05) is 31.2 Å². The largest absolute Gasteiger partial charge is 0.381 e. The van der Waals surface area contributed by atoms with Gasteiger partial charge < -0.3 is 15.0 Å². The normalized spacial score (nSPS) is 36.6. The van der Waals surface area contributed by atoms with Gasteiger partial charge in [0.15, 0.2) is 0 Å². The third kappa shape index (κ3) is 4.44. The second-order valence-corrected chi connectivity index (χ2v) is 6.64. The highest BCUT2D eigenvalue weighted by Gasteiger charge is 2.29. The second kappa shape index (κ2) is 7.61. The molecule has 0 amide bonds. The van der Waals surface area contributed by atoms with Crippen LogP contribution in [-0.2, 0) is 4.74 Å². The fraction of sp³-hybridized carbons (Fsp3) is 1.00. The molecule has 1 saturated heterocycles. The predicted molar refractivity (Wildman–Crippen MR) is 80.4 cm³/mol. The molecule has 0 aromatic rings. The predicted octanol–water partition coefficient (Wildman–Crippen LogP) is 2.51. The molecular formula is C16H32N2O. The van der Waals surface area contributed by atoms with Crippen LogP contribution in [0.3, 0.4) is 0 Å². The monoisotopic (exact) mass is 268 g/mol. The van der Waals surface area contributed by atoms with Crippen molar-refractivity contribution in [3.8, 4) is 0 Å². The van der Waals surface area contributed by atoms with Crippen LogP contribution in [0.5, 0.6) is 0 Å². The van der Waals surface area contributed by atoms with E-state index in [4.69, 9.17) is 4.74 Å². The summed E-state index contributed by atoms with van der Waals surface area (Å²) in [6, 6.07) is 1.46. The van der Waals surface area contributed by atoms with E-state index in [1.165, 1.54) is 38.6 Å². The first-order valence-electron chi connectivity index (χ1n) is 8.22. The Kier molecular flexibility index (Phi) is 6.11. The first kappa shape index (κ1) is 15.3. The standard InChI is InChI=1S/C16H32N2O/c1-4-17-16-9-10-19-12-14(16)11-18(3)15-7-5-13(2)6-8-15/h13-17H,4-12H2,1-3H3. The van der Waals surface area contributed by atoms with Crippen LogP contribution < -0.4 is 5.32 Å². The van der Waals surface area contributed by atoms with E-state index in [9.17, 15) is 0 Å². The minimum Gasteiger partial charge on any atom is -0.381 e. The molecule has 2 aliphatic rings. The van der Waals surface area contributed by atoms with Crippen LogP contribution in [0.4, 0.5) is 0 Å². The molecule has 0 aromatic heterocycles. The Morgan fingerprint density at radius 1 is 1.16 bits per heavy atom. The average Bonchev–Trinajstić information content (AvgIpc) is 2.42. The van der Waals surface area contributed by atoms with E-state index >= 15 is 0 Å². The number of ether oxygens (including phenoxy) is 1. The molecule has 2 rings (SSSR count). The number of hydrogen-bond donors (Lipinski definition) is 1. The lowest BCUT2D eigenvalue weighted by molar-refractivity contribution is 0.0115. The van der Waals surface area contributed by atoms with E-state index in [1.54, 1.807) is 0 Å². The topological polar surface area (TPSA) is 24.5 Å². The fourth-order valence-corrected chi connectivity index (χ4v) is 3.71. The summed E-state index contributed by atoms with van der Waals surface area (Å²) in [6.45, 7) is 8.73. The summed E-state index contributed by atoms with van der Waals surface area (Å²) in [5.74, 6) is 1.61. The number of rotatable bonds is 5. The van der Waals surface area contributed by atoms with Crippen LogP contribution in [-0.4, -0.2) is 50.3 Å². The molecule has 0 radical (unpaired) electrons. The maximum absolute atomic E-state index is 5.70. The summed E-state index contributed by atoms with van der Waals surface area (Å²) in [6.07, 6.45) is 6.77. The van der Waals surface area contributed by atoms with Gasteiger partial charge in [-0.25, -0.2) is 0 Å². The van der Waals surface area contributed by atoms with Crippen molar-refractivity contribution in [2.45, 2.75) is 58.0 Å². The first-order valence-corrected chi connectivity index (χ1v) is 8.22. The molecule has 0 aromatic carbocycles. The summed E-state index contributed by atoms with van der Waals surface area (Å²) in [5, 5.41) is 3.64. The first-order chi connectivity index (χ1) is 9.20. The molecular weight excluding hydrogens is 236 g/mol. The Bertz CT molecular complexity index is 249. The highest BCUT2D eigenvalue weighted by molar-refractivity contribution is 4.84. The Balaban J connectivity index is 1.80. The summed E-state index contributed by atoms with van der Waals surface area (Å²) in [5.41, 5.74) is 0. The van der Waals surface area contributed by atoms with Gasteiger partial charge in [0.1, 0.15) is 0 Å². The lowest BCUT2D eigenvalue weighted by atomic mass is 9.86. The van der Waals surface area contributed by atoms with Gasteiger partial charge in [-0.2, -0.15) is 0 Å². The van der Waals surface area contributed by atoms with Crippen LogP contribution in [0.1, 0.15) is 46.0 Å². The average molecular weight is 268 g/mol. The molecule has 3 nitrogen and oxygen atoms in total. The van der Waals surface area contributed by atoms with Crippen molar-refractivity contribution in [1.29, 1.82) is 0 Å². The van der Waals surface area contributed by atoms with Crippen LogP contribution in [0.15, 0.2) is 0 Å². The van der Waals surface area contributed by atoms with Gasteiger partial charge in [-0.15, -0.1) is 0 Å². The number of nitrogens with one attached hydrogen (secondary N) is 1. The van der Waals surface area contributed by atoms with Gasteiger partial charge in [-0.05, 0) is 51.6 Å². The summed E-state index contributed by atoms with van der Waals surface area (Å²) in [7, 11) is 2.32. The Morgan fingerprint density at radius 3 is 2.58 bits per heavy atom. The molecule has 2 atom stereocenters. The molecule has 1 aliphatic carbocycles. The minimum absolute atomic E-state index is 0.656. The zero-order valence-corrected chi connectivity index (χ0v) is 13.0. The molecule has 3 heteroatoms. The lowest BCUT2D eigenvalue weighted by Crippen LogP contribution is -2.49. The van der Waals surface area contributed by atoms with Crippen molar-refractivity contribution in [3.63, 3.8) is 0 Å². The van der Waals surface area contributed by atoms with Gasteiger partial charge in [0.25, 0.3) is 0 Å². The van der Waals surface area contributed by atoms with E-state index in [0.29, 0.717) is 12.0 Å². The van der Waals surface area contributed by atoms with E-state index in [-0.39, 0.29) is 0 Å². The molecule has 19 heavy (non-hydrogen) atoms. The number of nitrogens with zero attached hydrogens (tertiary/aromatic N) is 1. The summed E-state index contributed by atoms with van der Waals surface area (Å²) in [4.78, 5) is 2.61. The third-order valence-electron chi connectivity index (χ3n) is 5.07. The van der Waals surface area contributed by atoms with Crippen molar-refractivity contribution in [2.24, 2.45) is 11.8 Å². The molecule has 2 fully saturated rings. The summed E-state index contributed by atoms with van der Waals surface area (Å²) < 4.78 is 5.70. The molecule has 112 valence electrons. The highest BCUT2D eigenvalue weighted by atomic mass is 16.5. The number of hydrogen-bond acceptors (Lipinski definition) is 3. The SMILES string of the molecule is CCNC1CCOCC1CN(C)C1CCC(C)CC1. The van der Waals surface area contributed by atoms with Crippen LogP contribution in [0.2, 0.25) is 0 Å². The maximum atomic E-state index is 5.70. The van der Waals surface area contributed by atoms with Crippen molar-refractivity contribution in [2.75, 3.05) is 33.4 Å². The van der Waals surface area contributed by atoms with Crippen LogP contribution >= 0.6 is 0 Å². The van der Waals surface area contributed by atoms with Crippen molar-refractivity contribution in [3.05, 3.63) is 0 Å². The smallest absolute Gasteiger partial charge is 0.0521 e. The maximum Gasteiger partial charge on any atom is 0.0521 e. The molecule has 1 saturated carbocycles. The zero-order chi connectivity index (χ0) is 13.7. The highest BCUT2D eigenvalue weighted by Crippen LogP contribution is 2.27. The van der Waals surface area contributed by atoms with E-state index in [2.05, 4.69) is 31.1 Å². The molecule has 0 spiro atoms. The second-order valence-electron chi connectivity index (χ2n) is 6.64.